The number of rotatable bonds is 7. The molecule has 0 aliphatic carbocycles. The van der Waals surface area contributed by atoms with Crippen molar-refractivity contribution in [1.29, 1.82) is 5.26 Å². The lowest BCUT2D eigenvalue weighted by Gasteiger charge is -2.28. The van der Waals surface area contributed by atoms with E-state index < -0.39 is 23.1 Å². The van der Waals surface area contributed by atoms with Crippen molar-refractivity contribution in [1.82, 2.24) is 0 Å². The summed E-state index contributed by atoms with van der Waals surface area (Å²) in [7, 11) is 0. The van der Waals surface area contributed by atoms with E-state index in [0.29, 0.717) is 5.56 Å². The van der Waals surface area contributed by atoms with Gasteiger partial charge in [0.2, 0.25) is 0 Å². The molecule has 0 heterocycles. The molecule has 10 heteroatoms. The third kappa shape index (κ3) is 5.67. The molecule has 3 aromatic carbocycles. The van der Waals surface area contributed by atoms with Crippen LogP contribution in [-0.4, -0.2) is 5.78 Å². The normalized spacial score (nSPS) is 13.0. The van der Waals surface area contributed by atoms with Crippen LogP contribution in [0.3, 0.4) is 0 Å². The molecule has 1 unspecified atom stereocenters. The molecule has 1 atom stereocenters. The molecular weight excluding hydrogens is 526 g/mol. The van der Waals surface area contributed by atoms with E-state index in [1.54, 1.807) is 19.9 Å². The molecule has 0 saturated carbocycles. The van der Waals surface area contributed by atoms with Crippen LogP contribution in [0.2, 0.25) is 15.1 Å². The molecule has 0 aliphatic heterocycles. The molecule has 3 aromatic rings. The van der Waals surface area contributed by atoms with Crippen LogP contribution >= 0.6 is 34.8 Å². The van der Waals surface area contributed by atoms with Gasteiger partial charge in [0.1, 0.15) is 11.8 Å². The Bertz CT molecular complexity index is 1320. The molecule has 0 amide bonds. The minimum Gasteiger partial charge on any atom is -0.457 e. The summed E-state index contributed by atoms with van der Waals surface area (Å²) in [6.07, 6.45) is -4.62. The van der Waals surface area contributed by atoms with Crippen molar-refractivity contribution in [2.75, 3.05) is 0 Å². The Kier molecular flexibility index (Phi) is 7.90. The number of carbonyl (C=O) groups excluding carboxylic acids is 1. The number of hydrogen-bond acceptors (Lipinski definition) is 4. The molecule has 0 fully saturated rings. The van der Waals surface area contributed by atoms with E-state index in [-0.39, 0.29) is 44.3 Å². The average molecular weight is 543 g/mol. The number of nitrogens with zero attached hydrogens (tertiary/aromatic N) is 1. The van der Waals surface area contributed by atoms with Gasteiger partial charge in [0.05, 0.1) is 20.6 Å². The van der Waals surface area contributed by atoms with E-state index in [9.17, 15) is 23.2 Å². The summed E-state index contributed by atoms with van der Waals surface area (Å²) in [5.41, 5.74) is -2.18. The fourth-order valence-corrected chi connectivity index (χ4v) is 3.73. The Labute approximate surface area is 214 Å². The summed E-state index contributed by atoms with van der Waals surface area (Å²) in [5.74, 6) is -0.609. The lowest BCUT2D eigenvalue weighted by Crippen LogP contribution is -2.40. The number of halogens is 6. The molecule has 0 aliphatic rings. The topological polar surface area (TPSA) is 59.3 Å². The van der Waals surface area contributed by atoms with Gasteiger partial charge in [-0.15, -0.1) is 0 Å². The molecule has 4 nitrogen and oxygen atoms in total. The van der Waals surface area contributed by atoms with Crippen LogP contribution in [0.1, 0.15) is 30.0 Å². The maximum atomic E-state index is 13.0. The number of aryl methyl sites for hydroxylation is 1. The first-order valence-electron chi connectivity index (χ1n) is 10.2. The second kappa shape index (κ2) is 10.4. The highest BCUT2D eigenvalue weighted by Gasteiger charge is 2.43. The van der Waals surface area contributed by atoms with Gasteiger partial charge in [-0.05, 0) is 55.0 Å². The summed E-state index contributed by atoms with van der Waals surface area (Å²) >= 11 is 18.2. The largest absolute Gasteiger partial charge is 0.457 e. The minimum atomic E-state index is -4.58. The third-order valence-electron chi connectivity index (χ3n) is 5.04. The van der Waals surface area contributed by atoms with Crippen LogP contribution in [-0.2, 0) is 16.6 Å². The predicted molar refractivity (Wildman–Crippen MR) is 127 cm³/mol. The zero-order chi connectivity index (χ0) is 26.0. The Morgan fingerprint density at radius 2 is 1.51 bits per heavy atom. The molecular formula is C25H17Cl3F3NO3. The predicted octanol–water partition coefficient (Wildman–Crippen LogP) is 8.54. The zero-order valence-electron chi connectivity index (χ0n) is 18.3. The monoisotopic (exact) mass is 541 g/mol. The van der Waals surface area contributed by atoms with Crippen molar-refractivity contribution < 1.29 is 27.4 Å². The van der Waals surface area contributed by atoms with Crippen molar-refractivity contribution in [3.8, 4) is 23.3 Å². The van der Waals surface area contributed by atoms with Crippen LogP contribution in [0.25, 0.3) is 0 Å². The number of nitriles is 1. The summed E-state index contributed by atoms with van der Waals surface area (Å²) < 4.78 is 50.7. The molecule has 0 saturated heterocycles. The van der Waals surface area contributed by atoms with Gasteiger partial charge in [0.25, 0.3) is 5.60 Å². The summed E-state index contributed by atoms with van der Waals surface area (Å²) in [4.78, 5) is 13.0. The summed E-state index contributed by atoms with van der Waals surface area (Å²) in [6.45, 7) is 3.32. The van der Waals surface area contributed by atoms with E-state index in [0.717, 1.165) is 18.2 Å². The average Bonchev–Trinajstić information content (AvgIpc) is 2.80. The fraction of sp³-hybridized carbons (Fsp3) is 0.200. The first-order valence-corrected chi connectivity index (χ1v) is 11.3. The number of ketones is 1. The Morgan fingerprint density at radius 1 is 0.886 bits per heavy atom. The molecule has 35 heavy (non-hydrogen) atoms. The highest BCUT2D eigenvalue weighted by molar-refractivity contribution is 6.42. The van der Waals surface area contributed by atoms with Crippen LogP contribution in [0, 0.1) is 18.3 Å². The van der Waals surface area contributed by atoms with E-state index in [4.69, 9.17) is 44.3 Å². The van der Waals surface area contributed by atoms with Crippen LogP contribution in [0.4, 0.5) is 13.2 Å². The maximum Gasteiger partial charge on any atom is 0.416 e. The molecule has 0 radical (unpaired) electrons. The quantitative estimate of drug-likeness (QED) is 0.300. The van der Waals surface area contributed by atoms with Crippen LogP contribution in [0.15, 0.2) is 54.6 Å². The number of carbonyl (C=O) groups is 1. The van der Waals surface area contributed by atoms with Crippen molar-refractivity contribution in [2.24, 2.45) is 0 Å². The van der Waals surface area contributed by atoms with E-state index >= 15 is 0 Å². The van der Waals surface area contributed by atoms with Gasteiger partial charge >= 0.3 is 6.18 Å². The number of Topliss-reactive ketones (excluding diaryl/α,β-unsaturated/α-hetero) is 1. The lowest BCUT2D eigenvalue weighted by molar-refractivity contribution is -0.137. The molecule has 0 N–H and O–H groups in total. The van der Waals surface area contributed by atoms with Gasteiger partial charge in [-0.1, -0.05) is 53.9 Å². The first kappa shape index (κ1) is 26.7. The number of alkyl halides is 3. The van der Waals surface area contributed by atoms with Gasteiger partial charge in [0, 0.05) is 12.0 Å². The van der Waals surface area contributed by atoms with Crippen LogP contribution in [0.5, 0.6) is 17.2 Å². The second-order valence-electron chi connectivity index (χ2n) is 7.50. The van der Waals surface area contributed by atoms with Crippen LogP contribution < -0.4 is 9.47 Å². The summed E-state index contributed by atoms with van der Waals surface area (Å²) in [5, 5.41) is 10.2. The molecule has 0 bridgehead atoms. The Balaban J connectivity index is 2.09. The fourth-order valence-electron chi connectivity index (χ4n) is 3.21. The van der Waals surface area contributed by atoms with E-state index in [1.807, 2.05) is 6.07 Å². The van der Waals surface area contributed by atoms with Gasteiger partial charge in [-0.25, -0.2) is 0 Å². The SMILES string of the molecule is CCC(=O)C(C#N)(Oc1cc(C)ccc1Oc1ccc(C(F)(F)F)cc1Cl)c1ccc(Cl)c(Cl)c1. The zero-order valence-corrected chi connectivity index (χ0v) is 20.6. The van der Waals surface area contributed by atoms with E-state index in [2.05, 4.69) is 0 Å². The lowest BCUT2D eigenvalue weighted by atomic mass is 9.89. The molecule has 0 aromatic heterocycles. The van der Waals surface area contributed by atoms with Gasteiger partial charge < -0.3 is 9.47 Å². The van der Waals surface area contributed by atoms with Crippen molar-refractivity contribution in [3.05, 3.63) is 86.4 Å². The Hall–Kier alpha value is -2.92. The standard InChI is InChI=1S/C25H17Cl3F3NO3/c1-3-23(33)24(13-32,15-5-7-17(26)18(27)11-15)35-22-10-14(2)4-8-21(22)34-20-9-6-16(12-19(20)28)25(29,30)31/h4-12H,3H2,1-2H3. The Morgan fingerprint density at radius 3 is 2.09 bits per heavy atom. The van der Waals surface area contributed by atoms with Crippen molar-refractivity contribution in [2.45, 2.75) is 32.0 Å². The first-order chi connectivity index (χ1) is 16.4. The molecule has 3 rings (SSSR count). The van der Waals surface area contributed by atoms with Crippen molar-refractivity contribution >= 4 is 40.6 Å². The number of benzene rings is 3. The van der Waals surface area contributed by atoms with E-state index in [1.165, 1.54) is 30.3 Å². The minimum absolute atomic E-state index is 0.00427. The van der Waals surface area contributed by atoms with Gasteiger partial charge in [-0.2, -0.15) is 18.4 Å². The number of ether oxygens (including phenoxy) is 2. The highest BCUT2D eigenvalue weighted by atomic mass is 35.5. The van der Waals surface area contributed by atoms with Gasteiger partial charge in [-0.3, -0.25) is 4.79 Å². The second-order valence-corrected chi connectivity index (χ2v) is 8.72. The van der Waals surface area contributed by atoms with Gasteiger partial charge in [0.15, 0.2) is 17.3 Å². The molecule has 0 spiro atoms. The smallest absolute Gasteiger partial charge is 0.416 e. The highest BCUT2D eigenvalue weighted by Crippen LogP contribution is 2.42. The number of hydrogen-bond donors (Lipinski definition) is 0. The molecule has 182 valence electrons. The maximum absolute atomic E-state index is 13.0. The summed E-state index contributed by atoms with van der Waals surface area (Å²) in [6, 6.07) is 13.5. The third-order valence-corrected chi connectivity index (χ3v) is 6.07. The van der Waals surface area contributed by atoms with Crippen molar-refractivity contribution in [3.63, 3.8) is 0 Å².